The van der Waals surface area contributed by atoms with Gasteiger partial charge < -0.3 is 9.84 Å². The number of aromatic nitrogens is 2. The van der Waals surface area contributed by atoms with Crippen LogP contribution >= 0.6 is 0 Å². The Labute approximate surface area is 88.1 Å². The minimum Gasteiger partial charge on any atom is -0.481 e. The number of nitrogens with zero attached hydrogens (tertiary/aromatic N) is 2. The highest BCUT2D eigenvalue weighted by atomic mass is 16.5. The average Bonchev–Trinajstić information content (AvgIpc) is 2.25. The van der Waals surface area contributed by atoms with E-state index in [4.69, 9.17) is 9.84 Å². The highest BCUT2D eigenvalue weighted by Crippen LogP contribution is 2.20. The summed E-state index contributed by atoms with van der Waals surface area (Å²) in [5.41, 5.74) is 0.448. The number of rotatable bonds is 5. The van der Waals surface area contributed by atoms with Crippen LogP contribution in [0.2, 0.25) is 0 Å². The van der Waals surface area contributed by atoms with E-state index in [9.17, 15) is 4.79 Å². The molecule has 1 N–H and O–H groups in total. The molecule has 5 nitrogen and oxygen atoms in total. The van der Waals surface area contributed by atoms with Crippen molar-refractivity contribution in [2.24, 2.45) is 0 Å². The van der Waals surface area contributed by atoms with Crippen molar-refractivity contribution in [3.63, 3.8) is 0 Å². The van der Waals surface area contributed by atoms with Crippen LogP contribution in [-0.4, -0.2) is 28.2 Å². The van der Waals surface area contributed by atoms with Crippen LogP contribution in [0, 0.1) is 0 Å². The van der Waals surface area contributed by atoms with Gasteiger partial charge in [0.25, 0.3) is 0 Å². The molecule has 0 aromatic carbocycles. The van der Waals surface area contributed by atoms with E-state index in [-0.39, 0.29) is 0 Å². The summed E-state index contributed by atoms with van der Waals surface area (Å²) in [6.45, 7) is 1.93. The number of carboxylic acids is 1. The standard InChI is InChI=1S/C10H14N2O3/c1-3-4-7(10(13)14)8-5-11-6-9(12-8)15-2/h5-7H,3-4H2,1-2H3,(H,13,14). The summed E-state index contributed by atoms with van der Waals surface area (Å²) in [5, 5.41) is 9.01. The lowest BCUT2D eigenvalue weighted by atomic mass is 10.0. The van der Waals surface area contributed by atoms with Gasteiger partial charge in [-0.05, 0) is 6.42 Å². The molecule has 1 atom stereocenters. The molecular weight excluding hydrogens is 196 g/mol. The molecule has 1 aromatic heterocycles. The van der Waals surface area contributed by atoms with Crippen molar-refractivity contribution >= 4 is 5.97 Å². The molecule has 0 saturated carbocycles. The van der Waals surface area contributed by atoms with Gasteiger partial charge in [-0.15, -0.1) is 0 Å². The lowest BCUT2D eigenvalue weighted by molar-refractivity contribution is -0.139. The predicted molar refractivity (Wildman–Crippen MR) is 53.9 cm³/mol. The van der Waals surface area contributed by atoms with Crippen LogP contribution in [0.1, 0.15) is 31.4 Å². The number of ether oxygens (including phenoxy) is 1. The minimum absolute atomic E-state index is 0.342. The van der Waals surface area contributed by atoms with Gasteiger partial charge in [0.05, 0.1) is 19.0 Å². The normalized spacial score (nSPS) is 12.1. The lowest BCUT2D eigenvalue weighted by Gasteiger charge is -2.10. The highest BCUT2D eigenvalue weighted by Gasteiger charge is 2.20. The van der Waals surface area contributed by atoms with Crippen molar-refractivity contribution in [3.8, 4) is 5.88 Å². The topological polar surface area (TPSA) is 72.3 Å². The molecule has 1 aromatic rings. The molecule has 0 spiro atoms. The zero-order valence-electron chi connectivity index (χ0n) is 8.80. The van der Waals surface area contributed by atoms with Gasteiger partial charge in [0.2, 0.25) is 5.88 Å². The molecule has 0 radical (unpaired) electrons. The van der Waals surface area contributed by atoms with E-state index < -0.39 is 11.9 Å². The molecular formula is C10H14N2O3. The van der Waals surface area contributed by atoms with E-state index in [1.807, 2.05) is 6.92 Å². The summed E-state index contributed by atoms with van der Waals surface area (Å²) in [6, 6.07) is 0. The smallest absolute Gasteiger partial charge is 0.312 e. The van der Waals surface area contributed by atoms with Gasteiger partial charge >= 0.3 is 5.97 Å². The predicted octanol–water partition coefficient (Wildman–Crippen LogP) is 1.45. The van der Waals surface area contributed by atoms with Gasteiger partial charge in [0.1, 0.15) is 5.92 Å². The Morgan fingerprint density at radius 1 is 1.60 bits per heavy atom. The van der Waals surface area contributed by atoms with Gasteiger partial charge in [-0.2, -0.15) is 0 Å². The summed E-state index contributed by atoms with van der Waals surface area (Å²) in [6.07, 6.45) is 4.26. The van der Waals surface area contributed by atoms with E-state index in [0.29, 0.717) is 18.0 Å². The van der Waals surface area contributed by atoms with E-state index in [0.717, 1.165) is 6.42 Å². The lowest BCUT2D eigenvalue weighted by Crippen LogP contribution is -2.13. The number of carbonyl (C=O) groups is 1. The summed E-state index contributed by atoms with van der Waals surface area (Å²) >= 11 is 0. The second-order valence-electron chi connectivity index (χ2n) is 3.17. The largest absolute Gasteiger partial charge is 0.481 e. The molecule has 1 heterocycles. The Morgan fingerprint density at radius 3 is 2.87 bits per heavy atom. The number of hydrogen-bond donors (Lipinski definition) is 1. The average molecular weight is 210 g/mol. The second kappa shape index (κ2) is 5.29. The molecule has 0 aliphatic rings. The Morgan fingerprint density at radius 2 is 2.33 bits per heavy atom. The summed E-state index contributed by atoms with van der Waals surface area (Å²) < 4.78 is 4.90. The molecule has 0 fully saturated rings. The van der Waals surface area contributed by atoms with Crippen molar-refractivity contribution in [3.05, 3.63) is 18.1 Å². The zero-order chi connectivity index (χ0) is 11.3. The molecule has 0 aliphatic heterocycles. The highest BCUT2D eigenvalue weighted by molar-refractivity contribution is 5.75. The number of hydrogen-bond acceptors (Lipinski definition) is 4. The number of aliphatic carboxylic acids is 1. The third-order valence-electron chi connectivity index (χ3n) is 2.07. The van der Waals surface area contributed by atoms with Gasteiger partial charge in [-0.1, -0.05) is 13.3 Å². The van der Waals surface area contributed by atoms with Crippen LogP contribution in [-0.2, 0) is 4.79 Å². The molecule has 0 amide bonds. The maximum atomic E-state index is 11.0. The Hall–Kier alpha value is -1.65. The quantitative estimate of drug-likeness (QED) is 0.796. The van der Waals surface area contributed by atoms with Gasteiger partial charge in [-0.3, -0.25) is 9.78 Å². The molecule has 1 unspecified atom stereocenters. The van der Waals surface area contributed by atoms with Gasteiger partial charge in [-0.25, -0.2) is 4.98 Å². The van der Waals surface area contributed by atoms with Crippen LogP contribution < -0.4 is 4.74 Å². The molecule has 0 bridgehead atoms. The SMILES string of the molecule is CCCC(C(=O)O)c1cncc(OC)n1. The first kappa shape index (κ1) is 11.4. The van der Waals surface area contributed by atoms with Crippen molar-refractivity contribution in [1.29, 1.82) is 0 Å². The summed E-state index contributed by atoms with van der Waals surface area (Å²) in [7, 11) is 1.48. The van der Waals surface area contributed by atoms with E-state index in [1.54, 1.807) is 0 Å². The minimum atomic E-state index is -0.876. The fourth-order valence-electron chi connectivity index (χ4n) is 1.32. The fraction of sp³-hybridized carbons (Fsp3) is 0.500. The fourth-order valence-corrected chi connectivity index (χ4v) is 1.32. The Kier molecular flexibility index (Phi) is 4.03. The molecule has 0 saturated heterocycles. The number of methoxy groups -OCH3 is 1. The van der Waals surface area contributed by atoms with Crippen LogP contribution in [0.4, 0.5) is 0 Å². The van der Waals surface area contributed by atoms with E-state index in [1.165, 1.54) is 19.5 Å². The molecule has 15 heavy (non-hydrogen) atoms. The Balaban J connectivity index is 2.94. The molecule has 0 aliphatic carbocycles. The molecule has 1 rings (SSSR count). The van der Waals surface area contributed by atoms with Crippen LogP contribution in [0.3, 0.4) is 0 Å². The third-order valence-corrected chi connectivity index (χ3v) is 2.07. The Bertz CT molecular complexity index is 341. The van der Waals surface area contributed by atoms with E-state index in [2.05, 4.69) is 9.97 Å². The van der Waals surface area contributed by atoms with Gasteiger partial charge in [0.15, 0.2) is 0 Å². The van der Waals surface area contributed by atoms with Crippen LogP contribution in [0.15, 0.2) is 12.4 Å². The first-order valence-electron chi connectivity index (χ1n) is 4.77. The number of carboxylic acid groups (broad SMARTS) is 1. The summed E-state index contributed by atoms with van der Waals surface area (Å²) in [5.74, 6) is -1.13. The third kappa shape index (κ3) is 2.90. The maximum absolute atomic E-state index is 11.0. The van der Waals surface area contributed by atoms with Crippen LogP contribution in [0.25, 0.3) is 0 Å². The summed E-state index contributed by atoms with van der Waals surface area (Å²) in [4.78, 5) is 18.9. The molecule has 82 valence electrons. The van der Waals surface area contributed by atoms with E-state index >= 15 is 0 Å². The van der Waals surface area contributed by atoms with Crippen molar-refractivity contribution in [2.45, 2.75) is 25.7 Å². The first-order valence-corrected chi connectivity index (χ1v) is 4.77. The maximum Gasteiger partial charge on any atom is 0.312 e. The van der Waals surface area contributed by atoms with Crippen molar-refractivity contribution < 1.29 is 14.6 Å². The van der Waals surface area contributed by atoms with Crippen molar-refractivity contribution in [2.75, 3.05) is 7.11 Å². The monoisotopic (exact) mass is 210 g/mol. The van der Waals surface area contributed by atoms with Gasteiger partial charge in [0, 0.05) is 6.20 Å². The second-order valence-corrected chi connectivity index (χ2v) is 3.17. The van der Waals surface area contributed by atoms with Crippen molar-refractivity contribution in [1.82, 2.24) is 9.97 Å². The molecule has 5 heteroatoms. The first-order chi connectivity index (χ1) is 7.19. The van der Waals surface area contributed by atoms with Crippen LogP contribution in [0.5, 0.6) is 5.88 Å². The zero-order valence-corrected chi connectivity index (χ0v) is 8.80.